The van der Waals surface area contributed by atoms with Gasteiger partial charge in [-0.15, -0.1) is 0 Å². The van der Waals surface area contributed by atoms with Gasteiger partial charge in [0.05, 0.1) is 5.69 Å². The quantitative estimate of drug-likeness (QED) is 0.180. The minimum atomic E-state index is 0.325. The maximum Gasteiger partial charge on any atom is 0.164 e. The highest BCUT2D eigenvalue weighted by atomic mass is 15.2. The van der Waals surface area contributed by atoms with Gasteiger partial charge in [0, 0.05) is 39.4 Å². The first-order valence-electron chi connectivity index (χ1n) is 17.2. The number of para-hydroxylation sites is 1. The van der Waals surface area contributed by atoms with E-state index >= 15 is 0 Å². The standard InChI is InChI=1S/C46H32N4/c1-29-14-13-25-42-43(29)38-23-11-12-24-40(38)50(42)41-27-26-37(35-21-9-10-22-36(35)41)45-47-44(30-15-3-2-4-16-30)48-46(49-45)39-28-31-17-5-6-18-32(31)33-19-7-8-20-34(33)39/h2-29,43H,1H3. The molecule has 2 heterocycles. The zero-order valence-corrected chi connectivity index (χ0v) is 27.5. The molecule has 0 N–H and O–H groups in total. The van der Waals surface area contributed by atoms with E-state index in [0.717, 1.165) is 43.9 Å². The molecule has 0 amide bonds. The molecule has 0 saturated heterocycles. The Balaban J connectivity index is 1.21. The first kappa shape index (κ1) is 28.6. The molecule has 50 heavy (non-hydrogen) atoms. The van der Waals surface area contributed by atoms with Crippen molar-refractivity contribution in [3.05, 3.63) is 175 Å². The molecule has 0 bridgehead atoms. The second kappa shape index (κ2) is 11.4. The van der Waals surface area contributed by atoms with Crippen LogP contribution in [0.5, 0.6) is 0 Å². The molecule has 4 heteroatoms. The third-order valence-electron chi connectivity index (χ3n) is 10.4. The van der Waals surface area contributed by atoms with Gasteiger partial charge >= 0.3 is 0 Å². The second-order valence-electron chi connectivity index (χ2n) is 13.2. The highest BCUT2D eigenvalue weighted by Crippen LogP contribution is 2.53. The zero-order valence-electron chi connectivity index (χ0n) is 27.5. The van der Waals surface area contributed by atoms with Crippen molar-refractivity contribution in [2.24, 2.45) is 5.92 Å². The Kier molecular flexibility index (Phi) is 6.50. The van der Waals surface area contributed by atoms with E-state index in [4.69, 9.17) is 15.0 Å². The van der Waals surface area contributed by atoms with Gasteiger partial charge in [-0.1, -0.05) is 140 Å². The lowest BCUT2D eigenvalue weighted by Crippen LogP contribution is -2.18. The van der Waals surface area contributed by atoms with Crippen LogP contribution < -0.4 is 4.90 Å². The fraction of sp³-hybridized carbons (Fsp3) is 0.0652. The number of anilines is 2. The first-order chi connectivity index (χ1) is 24.7. The van der Waals surface area contributed by atoms with Crippen LogP contribution in [0.25, 0.3) is 66.5 Å². The number of rotatable bonds is 4. The van der Waals surface area contributed by atoms with E-state index < -0.39 is 0 Å². The Morgan fingerprint density at radius 3 is 1.94 bits per heavy atom. The van der Waals surface area contributed by atoms with Crippen LogP contribution in [-0.4, -0.2) is 15.0 Å². The molecule has 236 valence electrons. The lowest BCUT2D eigenvalue weighted by Gasteiger charge is -2.28. The highest BCUT2D eigenvalue weighted by Gasteiger charge is 2.38. The van der Waals surface area contributed by atoms with Gasteiger partial charge in [0.25, 0.3) is 0 Å². The summed E-state index contributed by atoms with van der Waals surface area (Å²) in [5.41, 5.74) is 8.02. The first-order valence-corrected chi connectivity index (χ1v) is 17.2. The summed E-state index contributed by atoms with van der Waals surface area (Å²) < 4.78 is 0. The predicted molar refractivity (Wildman–Crippen MR) is 206 cm³/mol. The van der Waals surface area contributed by atoms with Crippen LogP contribution in [0.1, 0.15) is 18.4 Å². The van der Waals surface area contributed by atoms with Gasteiger partial charge in [-0.2, -0.15) is 0 Å². The van der Waals surface area contributed by atoms with Crippen molar-refractivity contribution < 1.29 is 0 Å². The summed E-state index contributed by atoms with van der Waals surface area (Å²) in [7, 11) is 0. The van der Waals surface area contributed by atoms with E-state index in [2.05, 4.69) is 157 Å². The molecular formula is C46H32N4. The van der Waals surface area contributed by atoms with Crippen LogP contribution >= 0.6 is 0 Å². The molecule has 2 aliphatic rings. The van der Waals surface area contributed by atoms with Crippen molar-refractivity contribution in [3.8, 4) is 34.2 Å². The molecule has 0 fully saturated rings. The largest absolute Gasteiger partial charge is 0.313 e. The summed E-state index contributed by atoms with van der Waals surface area (Å²) in [5, 5.41) is 6.94. The molecule has 0 spiro atoms. The van der Waals surface area contributed by atoms with Gasteiger partial charge in [-0.05, 0) is 68.8 Å². The number of fused-ring (bicyclic) bond motifs is 7. The van der Waals surface area contributed by atoms with Gasteiger partial charge in [0.1, 0.15) is 0 Å². The van der Waals surface area contributed by atoms with E-state index in [-0.39, 0.29) is 0 Å². The fourth-order valence-electron chi connectivity index (χ4n) is 8.08. The van der Waals surface area contributed by atoms with Crippen LogP contribution in [0, 0.1) is 5.92 Å². The maximum atomic E-state index is 5.29. The van der Waals surface area contributed by atoms with Gasteiger partial charge < -0.3 is 4.90 Å². The highest BCUT2D eigenvalue weighted by molar-refractivity contribution is 6.13. The molecule has 2 unspecified atom stereocenters. The third kappa shape index (κ3) is 4.42. The number of hydrogen-bond donors (Lipinski definition) is 0. The summed E-state index contributed by atoms with van der Waals surface area (Å²) >= 11 is 0. The van der Waals surface area contributed by atoms with E-state index in [0.29, 0.717) is 29.3 Å². The minimum Gasteiger partial charge on any atom is -0.313 e. The SMILES string of the molecule is CC1C=CC=C2C1c1ccccc1N2c1ccc(-c2nc(-c3ccccc3)nc(-c3cc4ccccc4c4ccccc34)n2)c2ccccc12. The molecular weight excluding hydrogens is 609 g/mol. The van der Waals surface area contributed by atoms with Gasteiger partial charge in [0.15, 0.2) is 17.5 Å². The molecule has 7 aromatic carbocycles. The van der Waals surface area contributed by atoms with Crippen LogP contribution in [0.4, 0.5) is 11.4 Å². The number of nitrogens with zero attached hydrogens (tertiary/aromatic N) is 4. The lowest BCUT2D eigenvalue weighted by atomic mass is 9.84. The Bertz CT molecular complexity index is 2690. The minimum absolute atomic E-state index is 0.325. The normalized spacial score (nSPS) is 16.5. The predicted octanol–water partition coefficient (Wildman–Crippen LogP) is 11.7. The van der Waals surface area contributed by atoms with Crippen molar-refractivity contribution in [1.82, 2.24) is 15.0 Å². The molecule has 4 nitrogen and oxygen atoms in total. The Hall–Kier alpha value is -6.39. The van der Waals surface area contributed by atoms with Crippen molar-refractivity contribution in [1.29, 1.82) is 0 Å². The molecule has 2 atom stereocenters. The number of hydrogen-bond acceptors (Lipinski definition) is 4. The van der Waals surface area contributed by atoms with Crippen molar-refractivity contribution in [2.45, 2.75) is 12.8 Å². The van der Waals surface area contributed by atoms with Gasteiger partial charge in [0.2, 0.25) is 0 Å². The molecule has 1 aliphatic carbocycles. The fourth-order valence-corrected chi connectivity index (χ4v) is 8.08. The van der Waals surface area contributed by atoms with Crippen LogP contribution in [-0.2, 0) is 0 Å². The summed E-state index contributed by atoms with van der Waals surface area (Å²) in [6, 6.07) is 51.5. The summed E-state index contributed by atoms with van der Waals surface area (Å²) in [4.78, 5) is 18.1. The Labute approximate surface area is 290 Å². The molecule has 1 aliphatic heterocycles. The lowest BCUT2D eigenvalue weighted by molar-refractivity contribution is 0.619. The van der Waals surface area contributed by atoms with Gasteiger partial charge in [-0.25, -0.2) is 15.0 Å². The van der Waals surface area contributed by atoms with E-state index in [1.807, 2.05) is 18.2 Å². The smallest absolute Gasteiger partial charge is 0.164 e. The van der Waals surface area contributed by atoms with E-state index in [1.54, 1.807) is 0 Å². The topological polar surface area (TPSA) is 41.9 Å². The molecule has 8 aromatic rings. The summed E-state index contributed by atoms with van der Waals surface area (Å²) in [5.74, 6) is 2.71. The summed E-state index contributed by atoms with van der Waals surface area (Å²) in [6.45, 7) is 2.32. The Morgan fingerprint density at radius 2 is 1.12 bits per heavy atom. The van der Waals surface area contributed by atoms with Crippen molar-refractivity contribution in [2.75, 3.05) is 4.90 Å². The second-order valence-corrected chi connectivity index (χ2v) is 13.2. The molecule has 0 radical (unpaired) electrons. The molecule has 1 aromatic heterocycles. The zero-order chi connectivity index (χ0) is 33.2. The number of allylic oxidation sites excluding steroid dienone is 4. The maximum absolute atomic E-state index is 5.29. The average molecular weight is 641 g/mol. The molecule has 10 rings (SSSR count). The van der Waals surface area contributed by atoms with Crippen LogP contribution in [0.15, 0.2) is 170 Å². The van der Waals surface area contributed by atoms with Crippen LogP contribution in [0.3, 0.4) is 0 Å². The van der Waals surface area contributed by atoms with Crippen molar-refractivity contribution in [3.63, 3.8) is 0 Å². The number of benzene rings is 7. The summed E-state index contributed by atoms with van der Waals surface area (Å²) in [6.07, 6.45) is 6.81. The van der Waals surface area contributed by atoms with Crippen molar-refractivity contribution >= 4 is 43.7 Å². The van der Waals surface area contributed by atoms with E-state index in [1.165, 1.54) is 27.7 Å². The van der Waals surface area contributed by atoms with E-state index in [9.17, 15) is 0 Å². The monoisotopic (exact) mass is 640 g/mol. The van der Waals surface area contributed by atoms with Gasteiger partial charge in [-0.3, -0.25) is 0 Å². The van der Waals surface area contributed by atoms with Crippen LogP contribution in [0.2, 0.25) is 0 Å². The number of aromatic nitrogens is 3. The Morgan fingerprint density at radius 1 is 0.500 bits per heavy atom. The molecule has 0 saturated carbocycles. The average Bonchev–Trinajstić information content (AvgIpc) is 3.52. The third-order valence-corrected chi connectivity index (χ3v) is 10.4.